The van der Waals surface area contributed by atoms with Crippen molar-refractivity contribution in [1.29, 1.82) is 0 Å². The van der Waals surface area contributed by atoms with Crippen molar-refractivity contribution < 1.29 is 0 Å². The van der Waals surface area contributed by atoms with Gasteiger partial charge in [-0.2, -0.15) is 0 Å². The zero-order chi connectivity index (χ0) is 16.6. The summed E-state index contributed by atoms with van der Waals surface area (Å²) in [7, 11) is 0. The number of hydrogen-bond acceptors (Lipinski definition) is 3. The van der Waals surface area contributed by atoms with Crippen LogP contribution in [0.25, 0.3) is 11.2 Å². The third-order valence-electron chi connectivity index (χ3n) is 4.04. The lowest BCUT2D eigenvalue weighted by molar-refractivity contribution is 0.590. The molecule has 0 radical (unpaired) electrons. The number of nitrogens with zero attached hydrogens (tertiary/aromatic N) is 3. The van der Waals surface area contributed by atoms with Crippen molar-refractivity contribution in [1.82, 2.24) is 19.5 Å². The van der Waals surface area contributed by atoms with Crippen molar-refractivity contribution in [3.05, 3.63) is 57.9 Å². The molecule has 0 aliphatic rings. The van der Waals surface area contributed by atoms with Crippen LogP contribution in [0.5, 0.6) is 0 Å². The van der Waals surface area contributed by atoms with Gasteiger partial charge in [0.2, 0.25) is 0 Å². The molecule has 0 spiro atoms. The Morgan fingerprint density at radius 2 is 1.87 bits per heavy atom. The van der Waals surface area contributed by atoms with Gasteiger partial charge < -0.3 is 9.55 Å². The first-order chi connectivity index (χ1) is 10.9. The van der Waals surface area contributed by atoms with Gasteiger partial charge in [0, 0.05) is 13.0 Å². The first kappa shape index (κ1) is 15.5. The molecule has 120 valence electrons. The highest BCUT2D eigenvalue weighted by atomic mass is 16.1. The van der Waals surface area contributed by atoms with Crippen molar-refractivity contribution in [2.24, 2.45) is 0 Å². The maximum Gasteiger partial charge on any atom is 0.277 e. The summed E-state index contributed by atoms with van der Waals surface area (Å²) < 4.78 is 1.85. The molecule has 0 aliphatic heterocycles. The minimum Gasteiger partial charge on any atom is -0.320 e. The second-order valence-electron chi connectivity index (χ2n) is 6.86. The van der Waals surface area contributed by atoms with Gasteiger partial charge in [0.05, 0.1) is 6.33 Å². The lowest BCUT2D eigenvalue weighted by Gasteiger charge is -2.19. The van der Waals surface area contributed by atoms with Gasteiger partial charge in [0.15, 0.2) is 11.2 Å². The molecule has 2 aromatic heterocycles. The Kier molecular flexibility index (Phi) is 3.80. The van der Waals surface area contributed by atoms with E-state index in [0.717, 1.165) is 5.56 Å². The van der Waals surface area contributed by atoms with Crippen LogP contribution in [-0.4, -0.2) is 19.5 Å². The molecule has 23 heavy (non-hydrogen) atoms. The van der Waals surface area contributed by atoms with Crippen molar-refractivity contribution in [3.8, 4) is 0 Å². The predicted octanol–water partition coefficient (Wildman–Crippen LogP) is 3.03. The van der Waals surface area contributed by atoms with E-state index in [9.17, 15) is 4.79 Å². The van der Waals surface area contributed by atoms with E-state index in [0.29, 0.717) is 30.0 Å². The lowest BCUT2D eigenvalue weighted by atomic mass is 9.87. The minimum absolute atomic E-state index is 0.129. The van der Waals surface area contributed by atoms with E-state index in [2.05, 4.69) is 60.0 Å². The number of H-pyrrole nitrogens is 1. The highest BCUT2D eigenvalue weighted by Gasteiger charge is 2.14. The smallest absolute Gasteiger partial charge is 0.277 e. The number of fused-ring (bicyclic) bond motifs is 1. The van der Waals surface area contributed by atoms with Gasteiger partial charge in [-0.1, -0.05) is 52.0 Å². The molecule has 0 saturated carbocycles. The molecule has 0 amide bonds. The molecule has 0 fully saturated rings. The number of hydrogen-bond donors (Lipinski definition) is 1. The minimum atomic E-state index is -0.129. The Morgan fingerprint density at radius 3 is 2.48 bits per heavy atom. The van der Waals surface area contributed by atoms with Crippen LogP contribution in [0.2, 0.25) is 0 Å². The summed E-state index contributed by atoms with van der Waals surface area (Å²) in [6, 6.07) is 8.50. The SMILES string of the molecule is CCc1nc2ncn(Cc3ccc(C(C)(C)C)cc3)c2c(=O)[nH]1. The molecule has 2 heterocycles. The van der Waals surface area contributed by atoms with Gasteiger partial charge in [-0.3, -0.25) is 4.79 Å². The van der Waals surface area contributed by atoms with E-state index in [-0.39, 0.29) is 11.0 Å². The summed E-state index contributed by atoms with van der Waals surface area (Å²) >= 11 is 0. The van der Waals surface area contributed by atoms with Gasteiger partial charge >= 0.3 is 0 Å². The number of rotatable bonds is 3. The van der Waals surface area contributed by atoms with Crippen molar-refractivity contribution in [3.63, 3.8) is 0 Å². The zero-order valence-electron chi connectivity index (χ0n) is 14.1. The van der Waals surface area contributed by atoms with Gasteiger partial charge in [-0.15, -0.1) is 0 Å². The molecule has 0 aliphatic carbocycles. The van der Waals surface area contributed by atoms with Crippen LogP contribution in [0.4, 0.5) is 0 Å². The summed E-state index contributed by atoms with van der Waals surface area (Å²) in [4.78, 5) is 23.7. The van der Waals surface area contributed by atoms with E-state index in [1.807, 2.05) is 11.5 Å². The molecule has 1 aromatic carbocycles. The van der Waals surface area contributed by atoms with Gasteiger partial charge in [-0.05, 0) is 16.5 Å². The van der Waals surface area contributed by atoms with Crippen LogP contribution in [0.1, 0.15) is 44.6 Å². The standard InChI is InChI=1S/C18H22N4O/c1-5-14-20-16-15(17(23)21-14)22(11-19-16)10-12-6-8-13(9-7-12)18(2,3)4/h6-9,11H,5,10H2,1-4H3,(H,20,21,23). The lowest BCUT2D eigenvalue weighted by Crippen LogP contribution is -2.15. The van der Waals surface area contributed by atoms with Crippen LogP contribution in [0.3, 0.4) is 0 Å². The Hall–Kier alpha value is -2.43. The van der Waals surface area contributed by atoms with Gasteiger partial charge in [0.25, 0.3) is 5.56 Å². The summed E-state index contributed by atoms with van der Waals surface area (Å²) in [5, 5.41) is 0. The third kappa shape index (κ3) is 3.04. The van der Waals surface area contributed by atoms with Crippen LogP contribution < -0.4 is 5.56 Å². The average molecular weight is 310 g/mol. The molecule has 5 heteroatoms. The third-order valence-corrected chi connectivity index (χ3v) is 4.04. The quantitative estimate of drug-likeness (QED) is 0.809. The molecule has 0 saturated heterocycles. The summed E-state index contributed by atoms with van der Waals surface area (Å²) in [6.07, 6.45) is 2.37. The van der Waals surface area contributed by atoms with Crippen LogP contribution in [0.15, 0.2) is 35.4 Å². The number of nitrogens with one attached hydrogen (secondary N) is 1. The van der Waals surface area contributed by atoms with Gasteiger partial charge in [-0.25, -0.2) is 9.97 Å². The molecule has 3 rings (SSSR count). The Balaban J connectivity index is 1.94. The Labute approximate surface area is 135 Å². The van der Waals surface area contributed by atoms with Crippen molar-refractivity contribution in [2.75, 3.05) is 0 Å². The summed E-state index contributed by atoms with van der Waals surface area (Å²) in [5.41, 5.74) is 3.48. The fraction of sp³-hybridized carbons (Fsp3) is 0.389. The van der Waals surface area contributed by atoms with E-state index in [1.165, 1.54) is 5.56 Å². The molecule has 0 bridgehead atoms. The molecule has 0 unspecified atom stereocenters. The largest absolute Gasteiger partial charge is 0.320 e. The second kappa shape index (κ2) is 5.65. The number of imidazole rings is 1. The maximum absolute atomic E-state index is 12.3. The van der Waals surface area contributed by atoms with E-state index in [1.54, 1.807) is 6.33 Å². The van der Waals surface area contributed by atoms with Crippen LogP contribution in [-0.2, 0) is 18.4 Å². The highest BCUT2D eigenvalue weighted by molar-refractivity contribution is 5.69. The van der Waals surface area contributed by atoms with Gasteiger partial charge in [0.1, 0.15) is 5.82 Å². The molecule has 5 nitrogen and oxygen atoms in total. The fourth-order valence-electron chi connectivity index (χ4n) is 2.63. The van der Waals surface area contributed by atoms with Crippen molar-refractivity contribution >= 4 is 11.2 Å². The second-order valence-corrected chi connectivity index (χ2v) is 6.86. The monoisotopic (exact) mass is 310 g/mol. The Morgan fingerprint density at radius 1 is 1.17 bits per heavy atom. The highest BCUT2D eigenvalue weighted by Crippen LogP contribution is 2.22. The van der Waals surface area contributed by atoms with E-state index >= 15 is 0 Å². The van der Waals surface area contributed by atoms with E-state index in [4.69, 9.17) is 0 Å². The predicted molar refractivity (Wildman–Crippen MR) is 91.8 cm³/mol. The average Bonchev–Trinajstić information content (AvgIpc) is 2.90. The summed E-state index contributed by atoms with van der Waals surface area (Å²) in [6.45, 7) is 9.15. The molecule has 3 aromatic rings. The molecular weight excluding hydrogens is 288 g/mol. The first-order valence-electron chi connectivity index (χ1n) is 7.92. The Bertz CT molecular complexity index is 882. The number of aromatic nitrogens is 4. The normalized spacial score (nSPS) is 12.0. The summed E-state index contributed by atoms with van der Waals surface area (Å²) in [5.74, 6) is 0.669. The zero-order valence-corrected chi connectivity index (χ0v) is 14.1. The number of aryl methyl sites for hydroxylation is 1. The van der Waals surface area contributed by atoms with Crippen molar-refractivity contribution in [2.45, 2.75) is 46.1 Å². The van der Waals surface area contributed by atoms with E-state index < -0.39 is 0 Å². The first-order valence-corrected chi connectivity index (χ1v) is 7.92. The maximum atomic E-state index is 12.3. The molecule has 1 N–H and O–H groups in total. The molecular formula is C18H22N4O. The number of aromatic amines is 1. The number of benzene rings is 1. The topological polar surface area (TPSA) is 63.6 Å². The molecule has 0 atom stereocenters. The van der Waals surface area contributed by atoms with Crippen LogP contribution in [0, 0.1) is 0 Å². The fourth-order valence-corrected chi connectivity index (χ4v) is 2.63. The van der Waals surface area contributed by atoms with Crippen LogP contribution >= 0.6 is 0 Å².